The van der Waals surface area contributed by atoms with E-state index in [-0.39, 0.29) is 0 Å². The maximum atomic E-state index is 3.80. The van der Waals surface area contributed by atoms with E-state index in [0.717, 1.165) is 6.42 Å². The number of para-hydroxylation sites is 1. The average molecular weight is 427 g/mol. The minimum atomic E-state index is 0.959. The fourth-order valence-corrected chi connectivity index (χ4v) is 3.96. The standard InChI is InChI=1S/C26H26N2.2C2H6/c1-5-7-11-20-17-22-24(16-19(20)4)27-23(6-2)25(22)26-18(3)14-15-28(26)21-12-9-8-10-13-21;2*1-2/h5,7-17,27H,1,6H2,2-4H3;2*1-2H3/b11-7-;;. The second-order valence-electron chi connectivity index (χ2n) is 7.23. The number of allylic oxidation sites excluding steroid dienone is 2. The molecule has 2 heteroatoms. The van der Waals surface area contributed by atoms with Crippen LogP contribution in [-0.4, -0.2) is 9.55 Å². The van der Waals surface area contributed by atoms with Crippen LogP contribution in [0.1, 0.15) is 57.0 Å². The number of aromatic amines is 1. The molecule has 0 bridgehead atoms. The zero-order valence-corrected chi connectivity index (χ0v) is 20.8. The first kappa shape index (κ1) is 25.0. The molecule has 0 atom stereocenters. The van der Waals surface area contributed by atoms with Gasteiger partial charge in [-0.15, -0.1) is 0 Å². The van der Waals surface area contributed by atoms with Crippen LogP contribution in [0.4, 0.5) is 0 Å². The summed E-state index contributed by atoms with van der Waals surface area (Å²) in [6, 6.07) is 17.3. The minimum Gasteiger partial charge on any atom is -0.358 e. The highest BCUT2D eigenvalue weighted by Gasteiger charge is 2.19. The van der Waals surface area contributed by atoms with Crippen molar-refractivity contribution in [3.63, 3.8) is 0 Å². The molecule has 32 heavy (non-hydrogen) atoms. The van der Waals surface area contributed by atoms with Crippen molar-refractivity contribution in [2.75, 3.05) is 0 Å². The van der Waals surface area contributed by atoms with Gasteiger partial charge in [0.15, 0.2) is 0 Å². The van der Waals surface area contributed by atoms with Crippen molar-refractivity contribution < 1.29 is 0 Å². The predicted octanol–water partition coefficient (Wildman–Crippen LogP) is 9.06. The number of nitrogens with zero attached hydrogens (tertiary/aromatic N) is 1. The van der Waals surface area contributed by atoms with Gasteiger partial charge >= 0.3 is 0 Å². The van der Waals surface area contributed by atoms with Gasteiger partial charge in [-0.05, 0) is 67.3 Å². The predicted molar refractivity (Wildman–Crippen MR) is 144 cm³/mol. The summed E-state index contributed by atoms with van der Waals surface area (Å²) in [5.41, 5.74) is 9.98. The van der Waals surface area contributed by atoms with Crippen molar-refractivity contribution in [1.82, 2.24) is 9.55 Å². The molecule has 0 saturated heterocycles. The van der Waals surface area contributed by atoms with Crippen molar-refractivity contribution in [1.29, 1.82) is 0 Å². The Morgan fingerprint density at radius 2 is 1.62 bits per heavy atom. The van der Waals surface area contributed by atoms with Crippen LogP contribution in [0.3, 0.4) is 0 Å². The number of benzene rings is 2. The van der Waals surface area contributed by atoms with Crippen LogP contribution in [-0.2, 0) is 6.42 Å². The van der Waals surface area contributed by atoms with E-state index in [1.54, 1.807) is 0 Å². The maximum absolute atomic E-state index is 3.80. The molecule has 0 fully saturated rings. The van der Waals surface area contributed by atoms with Crippen LogP contribution < -0.4 is 0 Å². The summed E-state index contributed by atoms with van der Waals surface area (Å²) in [7, 11) is 0. The van der Waals surface area contributed by atoms with Crippen LogP contribution in [0.5, 0.6) is 0 Å². The number of hydrogen-bond acceptors (Lipinski definition) is 0. The van der Waals surface area contributed by atoms with Crippen LogP contribution in [0.2, 0.25) is 0 Å². The fourth-order valence-electron chi connectivity index (χ4n) is 3.96. The smallest absolute Gasteiger partial charge is 0.0581 e. The number of H-pyrrole nitrogens is 1. The SMILES string of the molecule is C=C/C=C\c1cc2c(-c3c(C)ccn3-c3ccccc3)c(CC)[nH]c2cc1C.CC.CC. The van der Waals surface area contributed by atoms with Crippen LogP contribution in [0.25, 0.3) is 33.9 Å². The van der Waals surface area contributed by atoms with E-state index in [2.05, 4.69) is 97.7 Å². The summed E-state index contributed by atoms with van der Waals surface area (Å²) in [6.07, 6.45) is 9.08. The number of rotatable bonds is 5. The monoisotopic (exact) mass is 426 g/mol. The lowest BCUT2D eigenvalue weighted by Gasteiger charge is -2.12. The lowest BCUT2D eigenvalue weighted by Crippen LogP contribution is -1.97. The van der Waals surface area contributed by atoms with Crippen LogP contribution >= 0.6 is 0 Å². The average Bonchev–Trinajstić information content (AvgIpc) is 3.39. The van der Waals surface area contributed by atoms with Crippen molar-refractivity contribution in [3.05, 3.63) is 95.8 Å². The molecule has 1 N–H and O–H groups in total. The number of nitrogens with one attached hydrogen (secondary N) is 1. The van der Waals surface area contributed by atoms with Gasteiger partial charge in [-0.1, -0.05) is 77.6 Å². The summed E-state index contributed by atoms with van der Waals surface area (Å²) in [6.45, 7) is 18.4. The van der Waals surface area contributed by atoms with E-state index >= 15 is 0 Å². The largest absolute Gasteiger partial charge is 0.358 e. The quantitative estimate of drug-likeness (QED) is 0.307. The Balaban J connectivity index is 0.000000860. The van der Waals surface area contributed by atoms with E-state index in [4.69, 9.17) is 0 Å². The summed E-state index contributed by atoms with van der Waals surface area (Å²) in [4.78, 5) is 3.67. The van der Waals surface area contributed by atoms with E-state index < -0.39 is 0 Å². The Morgan fingerprint density at radius 3 is 2.25 bits per heavy atom. The third-order valence-corrected chi connectivity index (χ3v) is 5.39. The third kappa shape index (κ3) is 4.96. The van der Waals surface area contributed by atoms with Gasteiger partial charge in [0.1, 0.15) is 0 Å². The van der Waals surface area contributed by atoms with Gasteiger partial charge in [-0.3, -0.25) is 0 Å². The molecule has 0 amide bonds. The van der Waals surface area contributed by atoms with Gasteiger partial charge in [0, 0.05) is 34.0 Å². The molecule has 0 aliphatic heterocycles. The molecule has 4 rings (SSSR count). The molecule has 0 saturated carbocycles. The summed E-state index contributed by atoms with van der Waals surface area (Å²) in [5, 5.41) is 1.27. The molecule has 0 spiro atoms. The number of hydrogen-bond donors (Lipinski definition) is 1. The topological polar surface area (TPSA) is 20.7 Å². The molecule has 0 aliphatic rings. The van der Waals surface area contributed by atoms with Gasteiger partial charge < -0.3 is 9.55 Å². The number of fused-ring (bicyclic) bond motifs is 1. The molecule has 2 aromatic carbocycles. The van der Waals surface area contributed by atoms with Gasteiger partial charge in [-0.2, -0.15) is 0 Å². The van der Waals surface area contributed by atoms with Crippen molar-refractivity contribution in [3.8, 4) is 16.9 Å². The van der Waals surface area contributed by atoms with Crippen molar-refractivity contribution >= 4 is 17.0 Å². The first-order chi connectivity index (χ1) is 15.6. The van der Waals surface area contributed by atoms with Crippen molar-refractivity contribution in [2.24, 2.45) is 0 Å². The van der Waals surface area contributed by atoms with Crippen LogP contribution in [0.15, 0.2) is 73.5 Å². The molecule has 0 radical (unpaired) electrons. The third-order valence-electron chi connectivity index (χ3n) is 5.39. The molecule has 0 unspecified atom stereocenters. The highest BCUT2D eigenvalue weighted by molar-refractivity contribution is 5.99. The minimum absolute atomic E-state index is 0.959. The van der Waals surface area contributed by atoms with Crippen LogP contribution in [0, 0.1) is 13.8 Å². The molecule has 2 aromatic heterocycles. The first-order valence-electron chi connectivity index (χ1n) is 11.8. The Morgan fingerprint density at radius 1 is 0.938 bits per heavy atom. The van der Waals surface area contributed by atoms with Gasteiger partial charge in [0.2, 0.25) is 0 Å². The Kier molecular flexibility index (Phi) is 9.34. The second-order valence-corrected chi connectivity index (χ2v) is 7.23. The lowest BCUT2D eigenvalue weighted by atomic mass is 9.99. The number of aromatic nitrogens is 2. The molecular formula is C30H38N2. The molecule has 2 heterocycles. The van der Waals surface area contributed by atoms with E-state index in [1.807, 2.05) is 39.8 Å². The lowest BCUT2D eigenvalue weighted by molar-refractivity contribution is 1.05. The zero-order chi connectivity index (χ0) is 23.7. The second kappa shape index (κ2) is 12.0. The summed E-state index contributed by atoms with van der Waals surface area (Å²) < 4.78 is 2.30. The summed E-state index contributed by atoms with van der Waals surface area (Å²) >= 11 is 0. The fraction of sp³-hybridized carbons (Fsp3) is 0.267. The van der Waals surface area contributed by atoms with Gasteiger partial charge in [0.05, 0.1) is 5.69 Å². The molecule has 0 aliphatic carbocycles. The highest BCUT2D eigenvalue weighted by Crippen LogP contribution is 2.38. The zero-order valence-electron chi connectivity index (χ0n) is 20.8. The Hall–Kier alpha value is -3.26. The molecular weight excluding hydrogens is 388 g/mol. The molecule has 4 aromatic rings. The van der Waals surface area contributed by atoms with Crippen molar-refractivity contribution in [2.45, 2.75) is 54.9 Å². The molecule has 168 valence electrons. The highest BCUT2D eigenvalue weighted by atomic mass is 15.0. The van der Waals surface area contributed by atoms with E-state index in [1.165, 1.54) is 50.2 Å². The maximum Gasteiger partial charge on any atom is 0.0581 e. The van der Waals surface area contributed by atoms with E-state index in [0.29, 0.717) is 0 Å². The van der Waals surface area contributed by atoms with E-state index in [9.17, 15) is 0 Å². The van der Waals surface area contributed by atoms with Gasteiger partial charge in [0.25, 0.3) is 0 Å². The number of aryl methyl sites for hydroxylation is 3. The normalized spacial score (nSPS) is 10.5. The van der Waals surface area contributed by atoms with Gasteiger partial charge in [-0.25, -0.2) is 0 Å². The molecule has 2 nitrogen and oxygen atoms in total. The Labute approximate surface area is 194 Å². The first-order valence-corrected chi connectivity index (χ1v) is 11.8. The summed E-state index contributed by atoms with van der Waals surface area (Å²) in [5.74, 6) is 0. The Bertz CT molecular complexity index is 1170.